The molecule has 8 heteroatoms. The molecule has 1 unspecified atom stereocenters. The minimum Gasteiger partial charge on any atom is -0.371 e. The minimum atomic E-state index is -4.45. The van der Waals surface area contributed by atoms with E-state index in [4.69, 9.17) is 4.74 Å². The van der Waals surface area contributed by atoms with Crippen molar-refractivity contribution in [3.63, 3.8) is 0 Å². The number of amides is 2. The summed E-state index contributed by atoms with van der Waals surface area (Å²) in [6.45, 7) is 0.440. The molecule has 1 aromatic heterocycles. The summed E-state index contributed by atoms with van der Waals surface area (Å²) in [7, 11) is 0. The van der Waals surface area contributed by atoms with E-state index in [0.29, 0.717) is 25.9 Å². The zero-order chi connectivity index (χ0) is 18.6. The third-order valence-electron chi connectivity index (χ3n) is 5.18. The van der Waals surface area contributed by atoms with Crippen LogP contribution in [-0.4, -0.2) is 35.9 Å². The smallest absolute Gasteiger partial charge is 0.371 e. The van der Waals surface area contributed by atoms with Gasteiger partial charge in [0.2, 0.25) is 0 Å². The minimum absolute atomic E-state index is 0.376. The Hall–Kier alpha value is -1.83. The van der Waals surface area contributed by atoms with Crippen molar-refractivity contribution < 1.29 is 22.7 Å². The Kier molecular flexibility index (Phi) is 6.01. The second kappa shape index (κ2) is 8.24. The Bertz CT molecular complexity index is 591. The molecule has 1 aromatic rings. The molecule has 2 fully saturated rings. The van der Waals surface area contributed by atoms with Gasteiger partial charge in [-0.25, -0.2) is 4.79 Å². The van der Waals surface area contributed by atoms with E-state index in [0.717, 1.165) is 24.8 Å². The lowest BCUT2D eigenvalue weighted by atomic mass is 9.83. The number of aromatic nitrogens is 1. The van der Waals surface area contributed by atoms with Gasteiger partial charge in [-0.15, -0.1) is 0 Å². The van der Waals surface area contributed by atoms with Crippen LogP contribution >= 0.6 is 0 Å². The van der Waals surface area contributed by atoms with Crippen LogP contribution in [0.15, 0.2) is 24.5 Å². The van der Waals surface area contributed by atoms with E-state index in [-0.39, 0.29) is 6.04 Å². The maximum absolute atomic E-state index is 13.4. The van der Waals surface area contributed by atoms with Crippen LogP contribution in [0.25, 0.3) is 0 Å². The van der Waals surface area contributed by atoms with Gasteiger partial charge in [0.15, 0.2) is 0 Å². The first kappa shape index (κ1) is 18.9. The number of nitrogens with one attached hydrogen (secondary N) is 2. The Labute approximate surface area is 150 Å². The highest BCUT2D eigenvalue weighted by Gasteiger charge is 2.46. The van der Waals surface area contributed by atoms with E-state index < -0.39 is 30.3 Å². The first-order valence-corrected chi connectivity index (χ1v) is 9.10. The second-order valence-corrected chi connectivity index (χ2v) is 7.01. The van der Waals surface area contributed by atoms with Gasteiger partial charge < -0.3 is 15.4 Å². The molecule has 0 bridgehead atoms. The summed E-state index contributed by atoms with van der Waals surface area (Å²) in [6.07, 6.45) is 2.48. The number of hydrogen-bond donors (Lipinski definition) is 2. The third kappa shape index (κ3) is 4.66. The van der Waals surface area contributed by atoms with Crippen LogP contribution in [0.2, 0.25) is 0 Å². The van der Waals surface area contributed by atoms with Crippen LogP contribution in [0.4, 0.5) is 18.0 Å². The summed E-state index contributed by atoms with van der Waals surface area (Å²) in [4.78, 5) is 16.3. The van der Waals surface area contributed by atoms with Crippen molar-refractivity contribution >= 4 is 6.03 Å². The lowest BCUT2D eigenvalue weighted by Crippen LogP contribution is -2.55. The van der Waals surface area contributed by atoms with Gasteiger partial charge in [-0.05, 0) is 31.2 Å². The van der Waals surface area contributed by atoms with Gasteiger partial charge in [0.1, 0.15) is 12.1 Å². The van der Waals surface area contributed by atoms with Gasteiger partial charge in [-0.2, -0.15) is 13.2 Å². The molecular formula is C18H24F3N3O2. The molecule has 0 radical (unpaired) electrons. The van der Waals surface area contributed by atoms with Gasteiger partial charge in [0, 0.05) is 24.6 Å². The first-order valence-electron chi connectivity index (χ1n) is 9.10. The predicted octanol–water partition coefficient (Wildman–Crippen LogP) is 3.72. The SMILES string of the molecule is O=C(NC(C1CCCCC1)C(F)(F)F)N[C@@H]1CCO[C@H]1c1cccnc1. The van der Waals surface area contributed by atoms with E-state index in [1.54, 1.807) is 18.5 Å². The number of hydrogen-bond acceptors (Lipinski definition) is 3. The van der Waals surface area contributed by atoms with E-state index >= 15 is 0 Å². The third-order valence-corrected chi connectivity index (χ3v) is 5.18. The number of alkyl halides is 3. The molecule has 1 saturated heterocycles. The molecule has 5 nitrogen and oxygen atoms in total. The molecule has 0 aromatic carbocycles. The topological polar surface area (TPSA) is 63.2 Å². The van der Waals surface area contributed by atoms with E-state index in [9.17, 15) is 18.0 Å². The van der Waals surface area contributed by atoms with Crippen molar-refractivity contribution in [2.75, 3.05) is 6.61 Å². The van der Waals surface area contributed by atoms with Crippen LogP contribution in [0, 0.1) is 5.92 Å². The van der Waals surface area contributed by atoms with Gasteiger partial charge in [-0.1, -0.05) is 25.3 Å². The molecule has 1 aliphatic carbocycles. The van der Waals surface area contributed by atoms with E-state index in [2.05, 4.69) is 15.6 Å². The molecule has 0 spiro atoms. The Morgan fingerprint density at radius 3 is 2.65 bits per heavy atom. The van der Waals surface area contributed by atoms with Crippen molar-refractivity contribution in [3.05, 3.63) is 30.1 Å². The average Bonchev–Trinajstić information content (AvgIpc) is 3.08. The van der Waals surface area contributed by atoms with Gasteiger partial charge >= 0.3 is 12.2 Å². The summed E-state index contributed by atoms with van der Waals surface area (Å²) in [5.74, 6) is -0.552. The van der Waals surface area contributed by atoms with E-state index in [1.807, 2.05) is 6.07 Å². The van der Waals surface area contributed by atoms with Crippen LogP contribution in [0.3, 0.4) is 0 Å². The van der Waals surface area contributed by atoms with Crippen molar-refractivity contribution in [2.45, 2.75) is 62.9 Å². The maximum atomic E-state index is 13.4. The number of rotatable bonds is 4. The molecule has 2 heterocycles. The van der Waals surface area contributed by atoms with Crippen LogP contribution in [-0.2, 0) is 4.74 Å². The lowest BCUT2D eigenvalue weighted by molar-refractivity contribution is -0.167. The Morgan fingerprint density at radius 2 is 2.00 bits per heavy atom. The summed E-state index contributed by atoms with van der Waals surface area (Å²) in [5, 5.41) is 4.85. The molecular weight excluding hydrogens is 347 g/mol. The number of ether oxygens (including phenoxy) is 1. The zero-order valence-corrected chi connectivity index (χ0v) is 14.5. The highest BCUT2D eigenvalue weighted by atomic mass is 19.4. The van der Waals surface area contributed by atoms with Gasteiger partial charge in [0.25, 0.3) is 0 Å². The summed E-state index contributed by atoms with van der Waals surface area (Å²) >= 11 is 0. The number of carbonyl (C=O) groups excluding carboxylic acids is 1. The summed E-state index contributed by atoms with van der Waals surface area (Å²) < 4.78 is 46.0. The molecule has 2 aliphatic rings. The van der Waals surface area contributed by atoms with Crippen molar-refractivity contribution in [2.24, 2.45) is 5.92 Å². The normalized spacial score (nSPS) is 25.7. The van der Waals surface area contributed by atoms with Gasteiger partial charge in [-0.3, -0.25) is 4.98 Å². The lowest BCUT2D eigenvalue weighted by Gasteiger charge is -2.32. The second-order valence-electron chi connectivity index (χ2n) is 7.01. The molecule has 3 atom stereocenters. The highest BCUT2D eigenvalue weighted by molar-refractivity contribution is 5.74. The van der Waals surface area contributed by atoms with Crippen LogP contribution in [0.5, 0.6) is 0 Å². The molecule has 144 valence electrons. The van der Waals surface area contributed by atoms with Crippen LogP contribution in [0.1, 0.15) is 50.2 Å². The molecule has 2 N–H and O–H groups in total. The number of urea groups is 1. The summed E-state index contributed by atoms with van der Waals surface area (Å²) in [5.41, 5.74) is 0.801. The standard InChI is InChI=1S/C18H24F3N3O2/c19-18(20,21)16(12-5-2-1-3-6-12)24-17(25)23-14-8-10-26-15(14)13-7-4-9-22-11-13/h4,7,9,11-12,14-16H,1-3,5-6,8,10H2,(H2,23,24,25)/t14-,15+,16?/m1/s1. The molecule has 3 rings (SSSR count). The van der Waals surface area contributed by atoms with Crippen molar-refractivity contribution in [3.8, 4) is 0 Å². The zero-order valence-electron chi connectivity index (χ0n) is 14.5. The van der Waals surface area contributed by atoms with Crippen molar-refractivity contribution in [1.82, 2.24) is 15.6 Å². The van der Waals surface area contributed by atoms with Gasteiger partial charge in [0.05, 0.1) is 6.04 Å². The fraction of sp³-hybridized carbons (Fsp3) is 0.667. The number of nitrogens with zero attached hydrogens (tertiary/aromatic N) is 1. The molecule has 1 aliphatic heterocycles. The van der Waals surface area contributed by atoms with Crippen molar-refractivity contribution in [1.29, 1.82) is 0 Å². The highest BCUT2D eigenvalue weighted by Crippen LogP contribution is 2.35. The predicted molar refractivity (Wildman–Crippen MR) is 89.4 cm³/mol. The maximum Gasteiger partial charge on any atom is 0.408 e. The number of carbonyl (C=O) groups is 1. The Balaban J connectivity index is 1.62. The quantitative estimate of drug-likeness (QED) is 0.848. The fourth-order valence-corrected chi connectivity index (χ4v) is 3.90. The fourth-order valence-electron chi connectivity index (χ4n) is 3.90. The van der Waals surface area contributed by atoms with Crippen LogP contribution < -0.4 is 10.6 Å². The largest absolute Gasteiger partial charge is 0.408 e. The molecule has 2 amide bonds. The van der Waals surface area contributed by atoms with E-state index in [1.165, 1.54) is 0 Å². The molecule has 26 heavy (non-hydrogen) atoms. The number of halogens is 3. The molecule has 1 saturated carbocycles. The first-order chi connectivity index (χ1) is 12.4. The summed E-state index contributed by atoms with van der Waals surface area (Å²) in [6, 6.07) is 0.621. The monoisotopic (exact) mass is 371 g/mol. The Morgan fingerprint density at radius 1 is 1.23 bits per heavy atom. The average molecular weight is 371 g/mol. The number of pyridine rings is 1.